The van der Waals surface area contributed by atoms with Gasteiger partial charge < -0.3 is 9.64 Å². The van der Waals surface area contributed by atoms with E-state index in [4.69, 9.17) is 4.74 Å². The summed E-state index contributed by atoms with van der Waals surface area (Å²) >= 11 is 0. The molecule has 1 amide bonds. The van der Waals surface area contributed by atoms with Gasteiger partial charge in [0.15, 0.2) is 0 Å². The zero-order chi connectivity index (χ0) is 10.8. The Morgan fingerprint density at radius 1 is 1.53 bits per heavy atom. The smallest absolute Gasteiger partial charge is 0.329 e. The number of carbonyl (C=O) groups excluding carboxylic acids is 2. The van der Waals surface area contributed by atoms with Crippen LogP contribution in [0.2, 0.25) is 0 Å². The van der Waals surface area contributed by atoms with Crippen molar-refractivity contribution in [1.29, 1.82) is 0 Å². The summed E-state index contributed by atoms with van der Waals surface area (Å²) < 4.78 is 4.97. The molecule has 2 aliphatic heterocycles. The van der Waals surface area contributed by atoms with Gasteiger partial charge in [-0.05, 0) is 19.8 Å². The molecule has 1 saturated heterocycles. The number of fused-ring (bicyclic) bond motifs is 1. The average molecular weight is 209 g/mol. The molecular weight excluding hydrogens is 194 g/mol. The molecule has 0 spiro atoms. The molecule has 2 heterocycles. The van der Waals surface area contributed by atoms with Crippen LogP contribution in [0.25, 0.3) is 0 Å². The monoisotopic (exact) mass is 209 g/mol. The van der Waals surface area contributed by atoms with E-state index >= 15 is 0 Å². The van der Waals surface area contributed by atoms with Crippen molar-refractivity contribution < 1.29 is 14.3 Å². The molecule has 82 valence electrons. The minimum Gasteiger partial charge on any atom is -0.464 e. The first-order valence-corrected chi connectivity index (χ1v) is 5.36. The Kier molecular flexibility index (Phi) is 2.75. The van der Waals surface area contributed by atoms with E-state index in [2.05, 4.69) is 0 Å². The van der Waals surface area contributed by atoms with Crippen molar-refractivity contribution in [1.82, 2.24) is 4.90 Å². The quantitative estimate of drug-likeness (QED) is 0.385. The second-order valence-corrected chi connectivity index (χ2v) is 3.87. The maximum absolute atomic E-state index is 11.6. The Labute approximate surface area is 88.9 Å². The molecule has 0 N–H and O–H groups in total. The lowest BCUT2D eigenvalue weighted by Gasteiger charge is -2.43. The van der Waals surface area contributed by atoms with E-state index in [1.165, 1.54) is 0 Å². The Morgan fingerprint density at radius 2 is 2.27 bits per heavy atom. The summed E-state index contributed by atoms with van der Waals surface area (Å²) in [7, 11) is 0. The van der Waals surface area contributed by atoms with Gasteiger partial charge in [0.2, 0.25) is 5.91 Å². The summed E-state index contributed by atoms with van der Waals surface area (Å²) in [6, 6.07) is -0.180. The number of esters is 1. The van der Waals surface area contributed by atoms with Crippen molar-refractivity contribution >= 4 is 11.9 Å². The molecule has 15 heavy (non-hydrogen) atoms. The van der Waals surface area contributed by atoms with Gasteiger partial charge in [-0.2, -0.15) is 0 Å². The molecular formula is C11H15NO3. The molecule has 0 bridgehead atoms. The van der Waals surface area contributed by atoms with E-state index in [9.17, 15) is 9.59 Å². The van der Waals surface area contributed by atoms with Crippen molar-refractivity contribution in [3.63, 3.8) is 0 Å². The SMILES string of the molecule is CCOC(=O)C1CC=CC[C@@H]2CC(=O)N12. The summed E-state index contributed by atoms with van der Waals surface area (Å²) in [6.45, 7) is 2.14. The predicted molar refractivity (Wildman–Crippen MR) is 54.0 cm³/mol. The van der Waals surface area contributed by atoms with E-state index < -0.39 is 6.04 Å². The van der Waals surface area contributed by atoms with Crippen LogP contribution in [-0.2, 0) is 14.3 Å². The maximum atomic E-state index is 11.6. The largest absolute Gasteiger partial charge is 0.464 e. The van der Waals surface area contributed by atoms with E-state index in [-0.39, 0.29) is 17.9 Å². The third-order valence-corrected chi connectivity index (χ3v) is 2.92. The van der Waals surface area contributed by atoms with Crippen molar-refractivity contribution in [2.75, 3.05) is 6.61 Å². The topological polar surface area (TPSA) is 46.6 Å². The van der Waals surface area contributed by atoms with Gasteiger partial charge >= 0.3 is 5.97 Å². The van der Waals surface area contributed by atoms with Crippen LogP contribution in [0.15, 0.2) is 12.2 Å². The number of nitrogens with zero attached hydrogens (tertiary/aromatic N) is 1. The van der Waals surface area contributed by atoms with Gasteiger partial charge in [-0.3, -0.25) is 4.79 Å². The second-order valence-electron chi connectivity index (χ2n) is 3.87. The molecule has 2 aliphatic rings. The third-order valence-electron chi connectivity index (χ3n) is 2.92. The first-order chi connectivity index (χ1) is 7.24. The molecule has 0 radical (unpaired) electrons. The first-order valence-electron chi connectivity index (χ1n) is 5.36. The van der Waals surface area contributed by atoms with Crippen molar-refractivity contribution in [3.8, 4) is 0 Å². The predicted octanol–water partition coefficient (Wildman–Crippen LogP) is 0.869. The van der Waals surface area contributed by atoms with Gasteiger partial charge in [0.05, 0.1) is 6.61 Å². The number of hydrogen-bond donors (Lipinski definition) is 0. The first kappa shape index (κ1) is 10.2. The van der Waals surface area contributed by atoms with E-state index in [1.807, 2.05) is 12.2 Å². The fraction of sp³-hybridized carbons (Fsp3) is 0.636. The normalized spacial score (nSPS) is 29.1. The molecule has 2 rings (SSSR count). The van der Waals surface area contributed by atoms with Gasteiger partial charge in [0.1, 0.15) is 6.04 Å². The van der Waals surface area contributed by atoms with Crippen LogP contribution in [0.1, 0.15) is 26.2 Å². The number of amides is 1. The molecule has 4 nitrogen and oxygen atoms in total. The highest BCUT2D eigenvalue weighted by atomic mass is 16.5. The van der Waals surface area contributed by atoms with Crippen LogP contribution in [0.5, 0.6) is 0 Å². The zero-order valence-corrected chi connectivity index (χ0v) is 8.81. The molecule has 2 atom stereocenters. The van der Waals surface area contributed by atoms with Crippen LogP contribution < -0.4 is 0 Å². The lowest BCUT2D eigenvalue weighted by Crippen LogP contribution is -2.59. The van der Waals surface area contributed by atoms with E-state index in [0.29, 0.717) is 19.4 Å². The van der Waals surface area contributed by atoms with Gasteiger partial charge in [-0.25, -0.2) is 4.79 Å². The fourth-order valence-corrected chi connectivity index (χ4v) is 2.16. The van der Waals surface area contributed by atoms with Crippen LogP contribution in [-0.4, -0.2) is 35.5 Å². The Morgan fingerprint density at radius 3 is 2.93 bits per heavy atom. The summed E-state index contributed by atoms with van der Waals surface area (Å²) in [6.07, 6.45) is 6.03. The van der Waals surface area contributed by atoms with Crippen LogP contribution in [0, 0.1) is 0 Å². The average Bonchev–Trinajstić information content (AvgIpc) is 2.36. The lowest BCUT2D eigenvalue weighted by atomic mass is 9.97. The number of carbonyl (C=O) groups is 2. The van der Waals surface area contributed by atoms with Gasteiger partial charge in [0, 0.05) is 12.5 Å². The molecule has 0 saturated carbocycles. The molecule has 0 aliphatic carbocycles. The summed E-state index contributed by atoms with van der Waals surface area (Å²) in [5.74, 6) is -0.205. The highest BCUT2D eigenvalue weighted by Gasteiger charge is 2.43. The maximum Gasteiger partial charge on any atom is 0.329 e. The minimum absolute atomic E-state index is 0.0711. The highest BCUT2D eigenvalue weighted by Crippen LogP contribution is 2.29. The van der Waals surface area contributed by atoms with Gasteiger partial charge in [0.25, 0.3) is 0 Å². The zero-order valence-electron chi connectivity index (χ0n) is 8.81. The van der Waals surface area contributed by atoms with Gasteiger partial charge in [-0.15, -0.1) is 0 Å². The molecule has 0 aromatic carbocycles. The third kappa shape index (κ3) is 1.76. The second kappa shape index (κ2) is 4.04. The number of rotatable bonds is 2. The molecule has 1 fully saturated rings. The van der Waals surface area contributed by atoms with Gasteiger partial charge in [-0.1, -0.05) is 12.2 Å². The van der Waals surface area contributed by atoms with Crippen LogP contribution in [0.4, 0.5) is 0 Å². The summed E-state index contributed by atoms with van der Waals surface area (Å²) in [5, 5.41) is 0. The molecule has 0 aromatic heterocycles. The van der Waals surface area contributed by atoms with Crippen molar-refractivity contribution in [2.24, 2.45) is 0 Å². The summed E-state index contributed by atoms with van der Waals surface area (Å²) in [4.78, 5) is 24.7. The Hall–Kier alpha value is -1.32. The van der Waals surface area contributed by atoms with E-state index in [0.717, 1.165) is 6.42 Å². The molecule has 4 heteroatoms. The van der Waals surface area contributed by atoms with Crippen molar-refractivity contribution in [3.05, 3.63) is 12.2 Å². The fourth-order valence-electron chi connectivity index (χ4n) is 2.16. The minimum atomic E-state index is -0.394. The highest BCUT2D eigenvalue weighted by molar-refractivity contribution is 5.89. The van der Waals surface area contributed by atoms with Crippen molar-refractivity contribution in [2.45, 2.75) is 38.3 Å². The number of β-lactam (4-membered cyclic amide) rings is 1. The van der Waals surface area contributed by atoms with Crippen LogP contribution in [0.3, 0.4) is 0 Å². The number of ether oxygens (including phenoxy) is 1. The summed E-state index contributed by atoms with van der Waals surface area (Å²) in [5.41, 5.74) is 0. The Bertz CT molecular complexity index is 311. The number of hydrogen-bond acceptors (Lipinski definition) is 3. The molecule has 1 unspecified atom stereocenters. The lowest BCUT2D eigenvalue weighted by molar-refractivity contribution is -0.164. The standard InChI is InChI=1S/C11H15NO3/c1-2-15-11(14)9-6-4-3-5-8-7-10(13)12(8)9/h3-4,8-9H,2,5-7H2,1H3/t8-,9?/m1/s1. The Balaban J connectivity index is 2.10. The molecule has 0 aromatic rings. The van der Waals surface area contributed by atoms with Crippen LogP contribution >= 0.6 is 0 Å². The van der Waals surface area contributed by atoms with E-state index in [1.54, 1.807) is 11.8 Å².